The van der Waals surface area contributed by atoms with E-state index in [0.717, 1.165) is 5.25 Å². The maximum atomic E-state index is 9.35. The van der Waals surface area contributed by atoms with Gasteiger partial charge in [0.25, 0.3) is 0 Å². The molecule has 0 atom stereocenters. The van der Waals surface area contributed by atoms with E-state index in [4.69, 9.17) is 0 Å². The van der Waals surface area contributed by atoms with E-state index in [2.05, 4.69) is 11.8 Å². The summed E-state index contributed by atoms with van der Waals surface area (Å²) in [7, 11) is 0. The summed E-state index contributed by atoms with van der Waals surface area (Å²) in [6.07, 6.45) is 10.9. The van der Waals surface area contributed by atoms with E-state index < -0.39 is 0 Å². The summed E-state index contributed by atoms with van der Waals surface area (Å²) < 4.78 is 0.294. The first-order chi connectivity index (χ1) is 6.35. The Hall–Kier alpha value is 0.310. The first kappa shape index (κ1) is 9.85. The van der Waals surface area contributed by atoms with Gasteiger partial charge >= 0.3 is 0 Å². The van der Waals surface area contributed by atoms with Crippen molar-refractivity contribution in [3.63, 3.8) is 0 Å². The lowest BCUT2D eigenvalue weighted by Crippen LogP contribution is -2.39. The second-order valence-corrected chi connectivity index (χ2v) is 6.34. The Labute approximate surface area is 85.3 Å². The van der Waals surface area contributed by atoms with Crippen LogP contribution in [-0.4, -0.2) is 21.7 Å². The van der Waals surface area contributed by atoms with Crippen molar-refractivity contribution in [3.8, 4) is 0 Å². The van der Waals surface area contributed by atoms with Crippen LogP contribution in [0.5, 0.6) is 0 Å². The number of thioether (sulfide) groups is 1. The van der Waals surface area contributed by atoms with E-state index in [1.165, 1.54) is 51.4 Å². The Morgan fingerprint density at radius 1 is 1.08 bits per heavy atom. The van der Waals surface area contributed by atoms with Crippen LogP contribution in [0.2, 0.25) is 0 Å². The van der Waals surface area contributed by atoms with Crippen LogP contribution in [0.4, 0.5) is 0 Å². The summed E-state index contributed by atoms with van der Waals surface area (Å²) in [5, 5.41) is 10.2. The van der Waals surface area contributed by atoms with Gasteiger partial charge in [-0.3, -0.25) is 0 Å². The van der Waals surface area contributed by atoms with E-state index in [-0.39, 0.29) is 0 Å². The maximum Gasteiger partial charge on any atom is 0.0578 e. The molecule has 1 nitrogen and oxygen atoms in total. The van der Waals surface area contributed by atoms with Gasteiger partial charge in [-0.15, -0.1) is 11.8 Å². The third kappa shape index (κ3) is 2.21. The molecule has 0 amide bonds. The minimum Gasteiger partial charge on any atom is -0.395 e. The average Bonchev–Trinajstić information content (AvgIpc) is 2.13. The van der Waals surface area contributed by atoms with Crippen molar-refractivity contribution < 1.29 is 5.11 Å². The molecule has 13 heavy (non-hydrogen) atoms. The SMILES string of the molecule is OCC1(SC2CCCCC2)CCC1. The highest BCUT2D eigenvalue weighted by Crippen LogP contribution is 2.48. The molecule has 2 aliphatic carbocycles. The molecular formula is C11H20OS. The molecule has 0 aromatic rings. The van der Waals surface area contributed by atoms with Crippen LogP contribution >= 0.6 is 11.8 Å². The number of hydrogen-bond donors (Lipinski definition) is 1. The average molecular weight is 200 g/mol. The van der Waals surface area contributed by atoms with Crippen molar-refractivity contribution in [2.75, 3.05) is 6.61 Å². The van der Waals surface area contributed by atoms with Gasteiger partial charge in [0.1, 0.15) is 0 Å². The van der Waals surface area contributed by atoms with Gasteiger partial charge in [0.15, 0.2) is 0 Å². The van der Waals surface area contributed by atoms with Crippen LogP contribution in [0.3, 0.4) is 0 Å². The smallest absolute Gasteiger partial charge is 0.0578 e. The van der Waals surface area contributed by atoms with E-state index >= 15 is 0 Å². The molecule has 2 heteroatoms. The largest absolute Gasteiger partial charge is 0.395 e. The molecule has 0 aliphatic heterocycles. The normalized spacial score (nSPS) is 28.4. The quantitative estimate of drug-likeness (QED) is 0.756. The fraction of sp³-hybridized carbons (Fsp3) is 1.00. The third-order valence-corrected chi connectivity index (χ3v) is 5.36. The Morgan fingerprint density at radius 3 is 2.23 bits per heavy atom. The summed E-state index contributed by atoms with van der Waals surface area (Å²) >= 11 is 2.10. The molecule has 0 aromatic carbocycles. The van der Waals surface area contributed by atoms with Crippen LogP contribution in [0.25, 0.3) is 0 Å². The molecular weight excluding hydrogens is 180 g/mol. The zero-order valence-corrected chi connectivity index (χ0v) is 9.11. The molecule has 0 bridgehead atoms. The third-order valence-electron chi connectivity index (χ3n) is 3.52. The van der Waals surface area contributed by atoms with Gasteiger partial charge in [-0.2, -0.15) is 0 Å². The van der Waals surface area contributed by atoms with Gasteiger partial charge in [-0.1, -0.05) is 25.7 Å². The van der Waals surface area contributed by atoms with Crippen molar-refractivity contribution in [1.82, 2.24) is 0 Å². The molecule has 2 fully saturated rings. The monoisotopic (exact) mass is 200 g/mol. The highest BCUT2D eigenvalue weighted by molar-refractivity contribution is 8.01. The van der Waals surface area contributed by atoms with E-state index in [9.17, 15) is 5.11 Å². The fourth-order valence-corrected chi connectivity index (χ4v) is 4.30. The first-order valence-corrected chi connectivity index (χ1v) is 6.51. The maximum absolute atomic E-state index is 9.35. The molecule has 2 aliphatic rings. The minimum atomic E-state index is 0.294. The summed E-state index contributed by atoms with van der Waals surface area (Å²) in [6.45, 7) is 0.411. The molecule has 2 rings (SSSR count). The van der Waals surface area contributed by atoms with Crippen LogP contribution in [0, 0.1) is 0 Å². The van der Waals surface area contributed by atoms with Crippen LogP contribution < -0.4 is 0 Å². The Bertz CT molecular complexity index is 154. The highest BCUT2D eigenvalue weighted by Gasteiger charge is 2.39. The first-order valence-electron chi connectivity index (χ1n) is 5.63. The molecule has 0 radical (unpaired) electrons. The molecule has 0 unspecified atom stereocenters. The van der Waals surface area contributed by atoms with Crippen molar-refractivity contribution >= 4 is 11.8 Å². The topological polar surface area (TPSA) is 20.2 Å². The number of aliphatic hydroxyl groups excluding tert-OH is 1. The molecule has 0 spiro atoms. The zero-order chi connectivity index (χ0) is 9.15. The molecule has 0 saturated heterocycles. The molecule has 2 saturated carbocycles. The predicted molar refractivity (Wildman–Crippen MR) is 58.1 cm³/mol. The highest BCUT2D eigenvalue weighted by atomic mass is 32.2. The van der Waals surface area contributed by atoms with Gasteiger partial charge in [-0.05, 0) is 25.7 Å². The predicted octanol–water partition coefficient (Wildman–Crippen LogP) is 2.97. The van der Waals surface area contributed by atoms with Crippen LogP contribution in [-0.2, 0) is 0 Å². The zero-order valence-electron chi connectivity index (χ0n) is 8.30. The van der Waals surface area contributed by atoms with Crippen molar-refractivity contribution in [2.45, 2.75) is 61.4 Å². The van der Waals surface area contributed by atoms with Gasteiger partial charge in [0, 0.05) is 10.00 Å². The lowest BCUT2D eigenvalue weighted by atomic mass is 9.85. The fourth-order valence-electron chi connectivity index (χ4n) is 2.42. The van der Waals surface area contributed by atoms with E-state index in [1.54, 1.807) is 0 Å². The van der Waals surface area contributed by atoms with Gasteiger partial charge < -0.3 is 5.11 Å². The summed E-state index contributed by atoms with van der Waals surface area (Å²) in [4.78, 5) is 0. The summed E-state index contributed by atoms with van der Waals surface area (Å²) in [5.41, 5.74) is 0. The second kappa shape index (κ2) is 4.22. The van der Waals surface area contributed by atoms with Crippen LogP contribution in [0.1, 0.15) is 51.4 Å². The Kier molecular flexibility index (Phi) is 3.20. The number of hydrogen-bond acceptors (Lipinski definition) is 2. The Balaban J connectivity index is 1.81. The molecule has 0 aromatic heterocycles. The van der Waals surface area contributed by atoms with E-state index in [1.807, 2.05) is 0 Å². The Morgan fingerprint density at radius 2 is 1.77 bits per heavy atom. The van der Waals surface area contributed by atoms with Crippen molar-refractivity contribution in [2.24, 2.45) is 0 Å². The molecule has 1 N–H and O–H groups in total. The van der Waals surface area contributed by atoms with E-state index in [0.29, 0.717) is 11.4 Å². The minimum absolute atomic E-state index is 0.294. The molecule has 76 valence electrons. The van der Waals surface area contributed by atoms with Gasteiger partial charge in [-0.25, -0.2) is 0 Å². The summed E-state index contributed by atoms with van der Waals surface area (Å²) in [6, 6.07) is 0. The lowest BCUT2D eigenvalue weighted by molar-refractivity contribution is 0.190. The van der Waals surface area contributed by atoms with Gasteiger partial charge in [0.2, 0.25) is 0 Å². The number of rotatable bonds is 3. The summed E-state index contributed by atoms with van der Waals surface area (Å²) in [5.74, 6) is 0. The van der Waals surface area contributed by atoms with Crippen molar-refractivity contribution in [3.05, 3.63) is 0 Å². The van der Waals surface area contributed by atoms with Crippen molar-refractivity contribution in [1.29, 1.82) is 0 Å². The standard InChI is InChI=1S/C11H20OS/c12-9-11(7-4-8-11)13-10-5-2-1-3-6-10/h10,12H,1-9H2. The van der Waals surface area contributed by atoms with Gasteiger partial charge in [0.05, 0.1) is 6.61 Å². The van der Waals surface area contributed by atoms with Crippen LogP contribution in [0.15, 0.2) is 0 Å². The lowest BCUT2D eigenvalue weighted by Gasteiger charge is -2.42. The number of aliphatic hydroxyl groups is 1. The second-order valence-electron chi connectivity index (χ2n) is 4.57. The molecule has 0 heterocycles.